The molecule has 278 valence electrons. The lowest BCUT2D eigenvalue weighted by Gasteiger charge is -2.20. The topological polar surface area (TPSA) is 8.82 Å². The summed E-state index contributed by atoms with van der Waals surface area (Å²) in [6, 6.07) is 38.8. The average molecular weight is 729 g/mol. The minimum atomic E-state index is 0.0171. The molecule has 0 spiro atoms. The van der Waals surface area contributed by atoms with Gasteiger partial charge in [-0.25, -0.2) is 0 Å². The summed E-state index contributed by atoms with van der Waals surface area (Å²) in [5.41, 5.74) is 13.6. The van der Waals surface area contributed by atoms with E-state index in [2.05, 4.69) is 189 Å². The van der Waals surface area contributed by atoms with Crippen LogP contribution in [-0.2, 0) is 21.7 Å². The van der Waals surface area contributed by atoms with E-state index in [0.717, 1.165) is 0 Å². The highest BCUT2D eigenvalue weighted by molar-refractivity contribution is 6.34. The molecule has 0 saturated carbocycles. The third-order valence-corrected chi connectivity index (χ3v) is 13.4. The van der Waals surface area contributed by atoms with Gasteiger partial charge in [0.05, 0.1) is 33.1 Å². The fourth-order valence-electron chi connectivity index (χ4n) is 10.1. The van der Waals surface area contributed by atoms with Gasteiger partial charge < -0.3 is 8.80 Å². The van der Waals surface area contributed by atoms with Crippen molar-refractivity contribution in [2.24, 2.45) is 0 Å². The van der Waals surface area contributed by atoms with Crippen molar-refractivity contribution in [1.82, 2.24) is 8.80 Å². The van der Waals surface area contributed by atoms with Gasteiger partial charge in [-0.05, 0) is 126 Å². The van der Waals surface area contributed by atoms with Crippen molar-refractivity contribution in [2.75, 3.05) is 0 Å². The van der Waals surface area contributed by atoms with Crippen molar-refractivity contribution in [3.63, 3.8) is 0 Å². The van der Waals surface area contributed by atoms with Crippen LogP contribution in [0.1, 0.15) is 105 Å². The Balaban J connectivity index is 1.27. The van der Waals surface area contributed by atoms with Gasteiger partial charge in [0.15, 0.2) is 0 Å². The standard InChI is InChI=1S/C54H52N2/c1-51(2,3)29-13-19-43-37(23-29)39-25-31(53(7,8)9)27-41-47-35-15-16-36-34(33(35)17-21-45(47)55(43)49(39)41)18-22-46-48(36)42-28-32(54(10,11)12)26-40-38-24-30(52(4,5)6)14-20-44(38)56(46)50(40)42/h13-28H,1-12H3. The van der Waals surface area contributed by atoms with Gasteiger partial charge in [0.1, 0.15) is 0 Å². The summed E-state index contributed by atoms with van der Waals surface area (Å²) >= 11 is 0. The number of hydrogen-bond donors (Lipinski definition) is 0. The fourth-order valence-corrected chi connectivity index (χ4v) is 10.1. The molecule has 2 nitrogen and oxygen atoms in total. The Morgan fingerprint density at radius 1 is 0.268 bits per heavy atom. The van der Waals surface area contributed by atoms with Gasteiger partial charge >= 0.3 is 0 Å². The van der Waals surface area contributed by atoms with Crippen LogP contribution in [0.15, 0.2) is 97.1 Å². The number of hydrogen-bond acceptors (Lipinski definition) is 0. The summed E-state index contributed by atoms with van der Waals surface area (Å²) in [6.45, 7) is 28.0. The third kappa shape index (κ3) is 4.34. The quantitative estimate of drug-likeness (QED) is 0.138. The van der Waals surface area contributed by atoms with E-state index in [1.165, 1.54) is 120 Å². The second-order valence-electron chi connectivity index (χ2n) is 21.1. The van der Waals surface area contributed by atoms with Crippen LogP contribution in [0.5, 0.6) is 0 Å². The molecule has 7 aromatic carbocycles. The van der Waals surface area contributed by atoms with Crippen molar-refractivity contribution in [1.29, 1.82) is 0 Å². The second kappa shape index (κ2) is 10.3. The molecule has 56 heavy (non-hydrogen) atoms. The summed E-state index contributed by atoms with van der Waals surface area (Å²) in [5.74, 6) is 0. The second-order valence-corrected chi connectivity index (χ2v) is 21.1. The fraction of sp³-hybridized carbons (Fsp3) is 0.296. The minimum absolute atomic E-state index is 0.0171. The van der Waals surface area contributed by atoms with Gasteiger partial charge in [0.2, 0.25) is 0 Å². The SMILES string of the molecule is CC(C)(C)c1ccc2c(c1)c1cc(C(C)(C)C)cc3c4c5ccc6c(ccc7c6c6cc(C(C)(C)C)cc8c9cc(C(C)(C)C)ccc9n7c86)c5ccc4n2c13. The van der Waals surface area contributed by atoms with Gasteiger partial charge in [-0.2, -0.15) is 0 Å². The zero-order valence-corrected chi connectivity index (χ0v) is 35.1. The highest BCUT2D eigenvalue weighted by Crippen LogP contribution is 2.48. The maximum absolute atomic E-state index is 2.55. The van der Waals surface area contributed by atoms with Crippen molar-refractivity contribution in [2.45, 2.75) is 105 Å². The molecule has 0 bridgehead atoms. The van der Waals surface area contributed by atoms with Crippen LogP contribution < -0.4 is 0 Å². The van der Waals surface area contributed by atoms with Crippen LogP contribution in [0.25, 0.3) is 97.7 Å². The van der Waals surface area contributed by atoms with E-state index in [1.807, 2.05) is 0 Å². The van der Waals surface area contributed by atoms with Crippen molar-refractivity contribution < 1.29 is 0 Å². The van der Waals surface area contributed by atoms with E-state index in [4.69, 9.17) is 0 Å². The molecule has 0 amide bonds. The smallest absolute Gasteiger partial charge is 0.0620 e. The highest BCUT2D eigenvalue weighted by Gasteiger charge is 2.27. The molecule has 2 heteroatoms. The van der Waals surface area contributed by atoms with Gasteiger partial charge in [0, 0.05) is 43.1 Å². The van der Waals surface area contributed by atoms with Crippen LogP contribution in [0, 0.1) is 0 Å². The van der Waals surface area contributed by atoms with Gasteiger partial charge in [-0.3, -0.25) is 0 Å². The molecule has 4 heterocycles. The number of benzene rings is 7. The molecular weight excluding hydrogens is 677 g/mol. The number of aromatic nitrogens is 2. The molecule has 0 aliphatic carbocycles. The molecule has 0 aliphatic heterocycles. The predicted octanol–water partition coefficient (Wildman–Crippen LogP) is 15.5. The minimum Gasteiger partial charge on any atom is -0.308 e. The van der Waals surface area contributed by atoms with Crippen molar-refractivity contribution >= 4 is 97.7 Å². The van der Waals surface area contributed by atoms with Crippen LogP contribution in [-0.4, -0.2) is 8.80 Å². The lowest BCUT2D eigenvalue weighted by molar-refractivity contribution is 0.590. The lowest BCUT2D eigenvalue weighted by Crippen LogP contribution is -2.11. The predicted molar refractivity (Wildman–Crippen MR) is 246 cm³/mol. The van der Waals surface area contributed by atoms with E-state index in [9.17, 15) is 0 Å². The molecule has 0 radical (unpaired) electrons. The van der Waals surface area contributed by atoms with Crippen LogP contribution >= 0.6 is 0 Å². The monoisotopic (exact) mass is 728 g/mol. The summed E-state index contributed by atoms with van der Waals surface area (Å²) < 4.78 is 5.11. The Morgan fingerprint density at radius 3 is 0.929 bits per heavy atom. The van der Waals surface area contributed by atoms with E-state index in [0.29, 0.717) is 0 Å². The molecule has 4 aromatic heterocycles. The lowest BCUT2D eigenvalue weighted by atomic mass is 9.84. The van der Waals surface area contributed by atoms with E-state index in [1.54, 1.807) is 0 Å². The number of rotatable bonds is 0. The number of fused-ring (bicyclic) bond motifs is 17. The molecular formula is C54H52N2. The normalized spacial score (nSPS) is 14.1. The maximum Gasteiger partial charge on any atom is 0.0620 e. The van der Waals surface area contributed by atoms with Crippen molar-refractivity contribution in [3.8, 4) is 0 Å². The largest absolute Gasteiger partial charge is 0.308 e. The molecule has 0 N–H and O–H groups in total. The van der Waals surface area contributed by atoms with Gasteiger partial charge in [-0.15, -0.1) is 0 Å². The first-order chi connectivity index (χ1) is 26.3. The maximum atomic E-state index is 2.55. The number of nitrogens with zero attached hydrogens (tertiary/aromatic N) is 2. The molecule has 11 rings (SSSR count). The van der Waals surface area contributed by atoms with Crippen molar-refractivity contribution in [3.05, 3.63) is 119 Å². The Morgan fingerprint density at radius 2 is 0.571 bits per heavy atom. The van der Waals surface area contributed by atoms with Crippen LogP contribution in [0.4, 0.5) is 0 Å². The van der Waals surface area contributed by atoms with E-state index >= 15 is 0 Å². The van der Waals surface area contributed by atoms with Crippen LogP contribution in [0.3, 0.4) is 0 Å². The zero-order chi connectivity index (χ0) is 39.2. The van der Waals surface area contributed by atoms with E-state index in [-0.39, 0.29) is 21.7 Å². The molecule has 0 saturated heterocycles. The van der Waals surface area contributed by atoms with Gasteiger partial charge in [-0.1, -0.05) is 119 Å². The molecule has 0 atom stereocenters. The third-order valence-electron chi connectivity index (χ3n) is 13.4. The Hall–Kier alpha value is -5.34. The first kappa shape index (κ1) is 34.0. The molecule has 0 unspecified atom stereocenters. The summed E-state index contributed by atoms with van der Waals surface area (Å²) in [4.78, 5) is 0. The first-order valence-electron chi connectivity index (χ1n) is 20.6. The Kier molecular flexibility index (Phi) is 6.27. The summed E-state index contributed by atoms with van der Waals surface area (Å²) in [6.07, 6.45) is 0. The Bertz CT molecular complexity index is 3250. The van der Waals surface area contributed by atoms with Crippen LogP contribution in [0.2, 0.25) is 0 Å². The summed E-state index contributed by atoms with van der Waals surface area (Å²) in [7, 11) is 0. The van der Waals surface area contributed by atoms with Gasteiger partial charge in [0.25, 0.3) is 0 Å². The average Bonchev–Trinajstić information content (AvgIpc) is 3.85. The molecule has 0 aliphatic rings. The molecule has 11 aromatic rings. The first-order valence-corrected chi connectivity index (χ1v) is 20.6. The highest BCUT2D eigenvalue weighted by atomic mass is 14.9. The Labute approximate surface area is 329 Å². The zero-order valence-electron chi connectivity index (χ0n) is 35.1. The van der Waals surface area contributed by atoms with E-state index < -0.39 is 0 Å². The summed E-state index contributed by atoms with van der Waals surface area (Å²) in [5, 5.41) is 16.2. The molecule has 0 fully saturated rings.